The van der Waals surface area contributed by atoms with Crippen molar-refractivity contribution in [2.45, 2.75) is 172 Å². The van der Waals surface area contributed by atoms with Gasteiger partial charge in [0.15, 0.2) is 68.0 Å². The number of hydrogen-bond donors (Lipinski definition) is 11. The summed E-state index contributed by atoms with van der Waals surface area (Å²) in [4.78, 5) is 128. The minimum atomic E-state index is -6.12. The average Bonchev–Trinajstić information content (AvgIpc) is 1.61. The number of anilines is 4. The minimum absolute atomic E-state index is 0.0512. The molecule has 0 bridgehead atoms. The summed E-state index contributed by atoms with van der Waals surface area (Å²) in [5, 5.41) is 69.8. The number of esters is 2. The summed E-state index contributed by atoms with van der Waals surface area (Å²) in [6.45, 7) is 18.2. The number of imidazole rings is 4. The maximum atomic E-state index is 11.9. The van der Waals surface area contributed by atoms with Crippen molar-refractivity contribution in [1.82, 2.24) is 78.1 Å². The number of aryl methyl sites for hydroxylation is 1. The van der Waals surface area contributed by atoms with Crippen LogP contribution in [0.15, 0.2) is 114 Å². The summed E-state index contributed by atoms with van der Waals surface area (Å²) in [5.74, 6) is -0.341. The van der Waals surface area contributed by atoms with Gasteiger partial charge in [-0.25, -0.2) is 48.5 Å². The fourth-order valence-corrected chi connectivity index (χ4v) is 24.7. The van der Waals surface area contributed by atoms with Gasteiger partial charge in [0.2, 0.25) is 23.8 Å². The lowest BCUT2D eigenvalue weighted by molar-refractivity contribution is -0.250. The lowest BCUT2D eigenvalue weighted by atomic mass is 9.99. The molecule has 0 amide bonds. The number of thiophene rings is 6. The molecular formula is C78H90N20O25P3S6Si-3. The van der Waals surface area contributed by atoms with E-state index in [0.717, 1.165) is 61.5 Å². The lowest BCUT2D eigenvalue weighted by Gasteiger charge is -2.40. The van der Waals surface area contributed by atoms with E-state index >= 15 is 0 Å². The standard InChI is InChI=1S/C23H23N5O6S2.C19H33N5O2Si.C18H20N5O13P3S2.C18H17N5O4S2/c1-11(30)32-19-13(9-29)34-22(20(19)33-12(2)31)28-10-25-18-17(26-23(24-3)27-21(18)28)16-7-6-15(36-16)14-5-4-8-35-14;1-9-13-11(2)15(26-27(7,8)19(4,5)6)17(25-13)24-10-21-14-12(3)22-18(20)23-16(14)24;19-18-21-12(11-4-3-10(41-11)9-2-1-5-40-9)13-16(22-18)23(7-20-13)17-15(25)14(24)8(34-17)6-33-38(29,30)36-39(31,32)35-37(26,27)28;19-18-21-12(11-4-3-10(29-11)9-2-1-5-28-9)13-16(22-18)23(7-20-13)17-15(26)14(25)8(6-24)27-17/h4-8,10,13,19-20,22,29H,9H2,1-3H3,(H,24,26,27);10-11,13,15,17H,9H2,1-8H3,(H2,20,22,23);1-5,7-8,14-15,17,24-25H,6H2,(H,29,30)(H,31,32)(H2,19,21,22)(H2,26,27,28);1-5,7-8,14-15,17,24-26H,6H2,(H2,19,21,22)/p-3/t13-,19?,20+,22-;11?,13-,15+,17-;2*8-,14?,15+,17-/m1111/s1. The number of nitrogens with one attached hydrogen (secondary N) is 1. The molecule has 0 radical (unpaired) electrons. The maximum Gasteiger partial charge on any atom is 0.303 e. The number of phosphoric ester groups is 1. The van der Waals surface area contributed by atoms with Gasteiger partial charge in [0.1, 0.15) is 81.9 Å². The maximum absolute atomic E-state index is 11.9. The van der Waals surface area contributed by atoms with Crippen molar-refractivity contribution in [2.75, 3.05) is 49.4 Å². The summed E-state index contributed by atoms with van der Waals surface area (Å²) >= 11 is 9.49. The molecule has 133 heavy (non-hydrogen) atoms. The molecule has 4 fully saturated rings. The Balaban J connectivity index is 0.000000137. The van der Waals surface area contributed by atoms with E-state index in [1.54, 1.807) is 74.6 Å². The van der Waals surface area contributed by atoms with Crippen molar-refractivity contribution in [3.05, 3.63) is 120 Å². The van der Waals surface area contributed by atoms with Crippen molar-refractivity contribution >= 4 is 180 Å². The summed E-state index contributed by atoms with van der Waals surface area (Å²) in [7, 11) is -18.1. The van der Waals surface area contributed by atoms with Crippen LogP contribution in [-0.4, -0.2) is 228 Å². The number of aromatic nitrogens is 16. The first-order chi connectivity index (χ1) is 63.0. The lowest BCUT2D eigenvalue weighted by Crippen LogP contribution is -2.46. The van der Waals surface area contributed by atoms with Crippen LogP contribution >= 0.6 is 91.5 Å². The number of hydrogen-bond acceptors (Lipinski definition) is 46. The monoisotopic (exact) mass is 2020 g/mol. The molecular weight excluding hydrogens is 1930 g/mol. The zero-order chi connectivity index (χ0) is 95.4. The van der Waals surface area contributed by atoms with Gasteiger partial charge in [-0.05, 0) is 102 Å². The van der Waals surface area contributed by atoms with E-state index in [2.05, 4.69) is 138 Å². The van der Waals surface area contributed by atoms with Crippen LogP contribution in [0.5, 0.6) is 0 Å². The highest BCUT2D eigenvalue weighted by molar-refractivity contribution is 7.65. The third kappa shape index (κ3) is 21.2. The van der Waals surface area contributed by atoms with Crippen LogP contribution in [0.4, 0.5) is 23.8 Å². The molecule has 45 nitrogen and oxygen atoms in total. The van der Waals surface area contributed by atoms with Crippen molar-refractivity contribution in [3.63, 3.8) is 0 Å². The van der Waals surface area contributed by atoms with Crippen LogP contribution in [0.25, 0.3) is 106 Å². The molecule has 14 N–H and O–H groups in total. The van der Waals surface area contributed by atoms with Crippen LogP contribution in [0.3, 0.4) is 0 Å². The second kappa shape index (κ2) is 39.8. The van der Waals surface area contributed by atoms with Crippen LogP contribution in [0.2, 0.25) is 18.1 Å². The number of ether oxygens (including phenoxy) is 6. The van der Waals surface area contributed by atoms with Crippen LogP contribution in [-0.2, 0) is 69.3 Å². The first kappa shape index (κ1) is 98.2. The number of aliphatic hydroxyl groups is 6. The first-order valence-electron chi connectivity index (χ1n) is 40.7. The van der Waals surface area contributed by atoms with Gasteiger partial charge in [-0.15, -0.1) is 68.0 Å². The Morgan fingerprint density at radius 1 is 0.511 bits per heavy atom. The predicted octanol–water partition coefficient (Wildman–Crippen LogP) is 8.54. The number of nitrogen functional groups attached to an aromatic ring is 3. The number of fused-ring (bicyclic) bond motifs is 4. The van der Waals surface area contributed by atoms with Gasteiger partial charge in [-0.2, -0.15) is 19.9 Å². The van der Waals surface area contributed by atoms with Gasteiger partial charge in [-0.1, -0.05) is 52.8 Å². The normalized spacial score (nSPS) is 24.5. The molecule has 4 aliphatic rings. The molecule has 4 aliphatic heterocycles. The quantitative estimate of drug-likeness (QED) is 0.0145. The molecule has 7 unspecified atom stereocenters. The van der Waals surface area contributed by atoms with Gasteiger partial charge in [0, 0.05) is 56.1 Å². The Labute approximate surface area is 780 Å². The van der Waals surface area contributed by atoms with Crippen molar-refractivity contribution < 1.29 is 119 Å². The molecule has 18 heterocycles. The summed E-state index contributed by atoms with van der Waals surface area (Å²) in [6.07, 6.45) is -7.82. The van der Waals surface area contributed by atoms with Gasteiger partial charge >= 0.3 is 11.9 Å². The fourth-order valence-electron chi connectivity index (χ4n) is 14.9. The number of aliphatic hydroxyl groups excluding tert-OH is 6. The van der Waals surface area contributed by atoms with Crippen molar-refractivity contribution in [3.8, 4) is 61.0 Å². The average molecular weight is 2020 g/mol. The Morgan fingerprint density at radius 3 is 1.32 bits per heavy atom. The number of carbonyl (C=O) groups excluding carboxylic acids is 2. The van der Waals surface area contributed by atoms with Gasteiger partial charge < -0.3 is 110 Å². The van der Waals surface area contributed by atoms with Crippen LogP contribution < -0.4 is 37.2 Å². The second-order valence-electron chi connectivity index (χ2n) is 32.1. The van der Waals surface area contributed by atoms with Gasteiger partial charge in [0.25, 0.3) is 23.5 Å². The molecule has 14 aromatic rings. The number of nitrogens with zero attached hydrogens (tertiary/aromatic N) is 16. The molecule has 0 aliphatic carbocycles. The van der Waals surface area contributed by atoms with Crippen molar-refractivity contribution in [1.29, 1.82) is 0 Å². The highest BCUT2D eigenvalue weighted by Crippen LogP contribution is 2.62. The highest BCUT2D eigenvalue weighted by atomic mass is 32.1. The Bertz CT molecular complexity index is 6650. The van der Waals surface area contributed by atoms with Crippen molar-refractivity contribution in [2.24, 2.45) is 5.92 Å². The second-order valence-corrected chi connectivity index (χ2v) is 47.2. The molecule has 55 heteroatoms. The molecule has 0 saturated carbocycles. The number of carbonyl (C=O) groups is 2. The number of nitrogens with two attached hydrogens (primary N) is 3. The molecule has 0 spiro atoms. The number of rotatable bonds is 25. The van der Waals surface area contributed by atoms with Gasteiger partial charge in [0.05, 0.1) is 77.7 Å². The third-order valence-electron chi connectivity index (χ3n) is 22.1. The first-order valence-corrected chi connectivity index (χ1v) is 53.1. The Hall–Kier alpha value is -9.27. The molecule has 0 aromatic carbocycles. The predicted molar refractivity (Wildman–Crippen MR) is 488 cm³/mol. The largest absolute Gasteiger partial charge is 0.756 e. The fraction of sp³-hybridized carbons (Fsp3) is 0.410. The summed E-state index contributed by atoms with van der Waals surface area (Å²) < 4.78 is 92.5. The van der Waals surface area contributed by atoms with E-state index in [1.807, 2.05) is 88.3 Å². The SMILES string of the molecule is CC[C@H]1O[C@@H](n2cnc3c(C)nc(N)nc32)[C@@H](O[Si](C)(C)C(C)(C)C)C1C.CNc1nc(-c2ccc(-c3cccs3)s2)c2ncn([C@@H]3O[C@H](CO)C(OC(C)=O)[C@@H]3OC(C)=O)c2n1.Nc1nc(-c2ccc(-c3cccs3)s2)c2ncn([C@@H]3O[C@H](CO)C(O)[C@@H]3O)c2n1.Nc1nc(-c2ccc(-c3cccs3)s2)c2ncn([C@@H]3O[C@H](COP(=O)([O-])OP(=O)([O-])OP(=O)([O-])O)C(O)[C@@H]3O)c2n1. The van der Waals surface area contributed by atoms with E-state index < -0.39 is 137 Å². The smallest absolute Gasteiger partial charge is 0.303 e. The van der Waals surface area contributed by atoms with Gasteiger partial charge in [-0.3, -0.25) is 41.6 Å². The zero-order valence-corrected chi connectivity index (χ0v) is 80.8. The molecule has 18 rings (SSSR count). The summed E-state index contributed by atoms with van der Waals surface area (Å²) in [5.41, 5.74) is 23.9. The number of phosphoric acid groups is 3. The van der Waals surface area contributed by atoms with E-state index in [0.29, 0.717) is 51.0 Å². The van der Waals surface area contributed by atoms with Crippen LogP contribution in [0, 0.1) is 12.8 Å². The Kier molecular flexibility index (Phi) is 29.4. The summed E-state index contributed by atoms with van der Waals surface area (Å²) in [6, 6.07) is 23.8. The molecule has 14 aromatic heterocycles. The molecule has 19 atom stereocenters. The molecule has 4 saturated heterocycles. The van der Waals surface area contributed by atoms with Crippen LogP contribution in [0.1, 0.15) is 85.5 Å². The van der Waals surface area contributed by atoms with E-state index in [9.17, 15) is 68.6 Å². The minimum Gasteiger partial charge on any atom is -0.756 e. The highest BCUT2D eigenvalue weighted by Gasteiger charge is 2.53. The van der Waals surface area contributed by atoms with E-state index in [1.165, 1.54) is 53.3 Å². The van der Waals surface area contributed by atoms with E-state index in [4.69, 9.17) is 54.9 Å². The molecule has 710 valence electrons. The Morgan fingerprint density at radius 2 is 0.902 bits per heavy atom. The topological polar surface area (TPSA) is 653 Å². The zero-order valence-electron chi connectivity index (χ0n) is 72.2. The third-order valence-corrected chi connectivity index (χ3v) is 36.7. The van der Waals surface area contributed by atoms with E-state index in [-0.39, 0.29) is 58.4 Å².